The molecule has 2 aliphatic heterocycles. The van der Waals surface area contributed by atoms with Gasteiger partial charge in [0.15, 0.2) is 17.5 Å². The van der Waals surface area contributed by atoms with Crippen molar-refractivity contribution < 1.29 is 31.5 Å². The van der Waals surface area contributed by atoms with E-state index >= 15 is 8.78 Å². The molecule has 1 saturated heterocycles. The van der Waals surface area contributed by atoms with Gasteiger partial charge in [0, 0.05) is 59.0 Å². The van der Waals surface area contributed by atoms with Gasteiger partial charge in [0.05, 0.1) is 40.0 Å². The largest absolute Gasteiger partial charge is 0.341 e. The number of imidazole rings is 1. The molecule has 1 atom stereocenters. The number of carbonyl (C=O) groups excluding carboxylic acids is 2. The van der Waals surface area contributed by atoms with Gasteiger partial charge in [-0.1, -0.05) is 0 Å². The first kappa shape index (κ1) is 37.9. The van der Waals surface area contributed by atoms with Crippen LogP contribution < -0.4 is 15.5 Å². The predicted molar refractivity (Wildman–Crippen MR) is 206 cm³/mol. The molecule has 2 amide bonds. The molecule has 57 heavy (non-hydrogen) atoms. The molecule has 0 radical (unpaired) electrons. The maximum Gasteiger partial charge on any atom is 0.261 e. The van der Waals surface area contributed by atoms with E-state index in [1.807, 2.05) is 43.2 Å². The highest BCUT2D eigenvalue weighted by atomic mass is 19.3. The van der Waals surface area contributed by atoms with Crippen LogP contribution in [0.1, 0.15) is 107 Å². The predicted octanol–water partition coefficient (Wildman–Crippen LogP) is 8.30. The molecule has 5 aliphatic rings. The number of carbonyl (C=O) groups is 2. The average Bonchev–Trinajstić information content (AvgIpc) is 4.06. The molecule has 302 valence electrons. The van der Waals surface area contributed by atoms with Crippen molar-refractivity contribution in [3.05, 3.63) is 59.2 Å². The molecule has 3 saturated carbocycles. The van der Waals surface area contributed by atoms with Gasteiger partial charge in [-0.15, -0.1) is 0 Å². The van der Waals surface area contributed by atoms with Crippen molar-refractivity contribution >= 4 is 40.0 Å². The Kier molecular flexibility index (Phi) is 8.42. The van der Waals surface area contributed by atoms with E-state index in [-0.39, 0.29) is 58.7 Å². The third-order valence-electron chi connectivity index (χ3n) is 13.6. The summed E-state index contributed by atoms with van der Waals surface area (Å²) in [4.78, 5) is 46.0. The summed E-state index contributed by atoms with van der Waals surface area (Å²) in [5.74, 6) is -3.42. The van der Waals surface area contributed by atoms with Crippen molar-refractivity contribution in [1.82, 2.24) is 29.7 Å². The summed E-state index contributed by atoms with van der Waals surface area (Å²) < 4.78 is 75.2. The number of hydrogen-bond donors (Lipinski definition) is 2. The fourth-order valence-electron chi connectivity index (χ4n) is 9.44. The summed E-state index contributed by atoms with van der Waals surface area (Å²) in [5, 5.41) is 5.25. The molecule has 3 aromatic heterocycles. The fraction of sp³-hybridized carbons (Fsp3) is 0.548. The second-order valence-electron chi connectivity index (χ2n) is 18.2. The Labute approximate surface area is 327 Å². The zero-order chi connectivity index (χ0) is 40.6. The van der Waals surface area contributed by atoms with Crippen LogP contribution in [0.15, 0.2) is 30.7 Å². The molecule has 3 aliphatic carbocycles. The van der Waals surface area contributed by atoms with Crippen molar-refractivity contribution in [2.75, 3.05) is 23.3 Å². The van der Waals surface area contributed by atoms with Crippen LogP contribution in [-0.2, 0) is 10.2 Å². The molecule has 10 nitrogen and oxygen atoms in total. The number of nitrogens with zero attached hydrogens (tertiary/aromatic N) is 6. The lowest BCUT2D eigenvalue weighted by Gasteiger charge is -2.57. The standard InChI is InChI=1S/C42H47F5N8O2/c1-21(2)54-20-49-28-15-26(50-35(33(28)54)51-27-14-25(22(3)31(44)32(27)45)36(56)52-42(10-11-42)37(46)47)23-13-29-34(48-18-23)39(4,5)38(57)55(29)24-16-40(6,17-24)53-12-7-30(43)41(19-53)8-9-41/h13-15,18,20-21,24,30,37H,7-12,16-17,19H2,1-6H3,(H,50,51)(H,52,56)/t24-,30?,40+. The summed E-state index contributed by atoms with van der Waals surface area (Å²) in [6.07, 6.45) is 3.77. The zero-order valence-electron chi connectivity index (χ0n) is 32.9. The molecule has 1 aromatic carbocycles. The molecule has 15 heteroatoms. The molecule has 1 spiro atoms. The number of likely N-dealkylation sites (tertiary alicyclic amines) is 1. The lowest BCUT2D eigenvalue weighted by molar-refractivity contribution is -0.124. The second-order valence-corrected chi connectivity index (χ2v) is 18.2. The van der Waals surface area contributed by atoms with E-state index < -0.39 is 46.8 Å². The van der Waals surface area contributed by atoms with Crippen LogP contribution in [-0.4, -0.2) is 79.0 Å². The van der Waals surface area contributed by atoms with Gasteiger partial charge in [-0.3, -0.25) is 19.5 Å². The molecule has 1 unspecified atom stereocenters. The minimum absolute atomic E-state index is 0.0466. The Morgan fingerprint density at radius 2 is 1.72 bits per heavy atom. The van der Waals surface area contributed by atoms with E-state index in [0.717, 1.165) is 38.3 Å². The van der Waals surface area contributed by atoms with Crippen LogP contribution in [0.5, 0.6) is 0 Å². The lowest BCUT2D eigenvalue weighted by Crippen LogP contribution is -2.65. The van der Waals surface area contributed by atoms with Crippen molar-refractivity contribution in [2.45, 2.75) is 128 Å². The molecule has 4 fully saturated rings. The van der Waals surface area contributed by atoms with Crippen LogP contribution >= 0.6 is 0 Å². The van der Waals surface area contributed by atoms with Crippen molar-refractivity contribution in [2.24, 2.45) is 5.41 Å². The van der Waals surface area contributed by atoms with E-state index in [1.54, 1.807) is 18.6 Å². The molecular weight excluding hydrogens is 744 g/mol. The van der Waals surface area contributed by atoms with Crippen LogP contribution in [0.2, 0.25) is 0 Å². The van der Waals surface area contributed by atoms with E-state index in [4.69, 9.17) is 9.97 Å². The first-order chi connectivity index (χ1) is 26.9. The monoisotopic (exact) mass is 790 g/mol. The Morgan fingerprint density at radius 3 is 2.37 bits per heavy atom. The van der Waals surface area contributed by atoms with E-state index in [2.05, 4.69) is 27.4 Å². The number of amides is 2. The highest BCUT2D eigenvalue weighted by Gasteiger charge is 2.59. The SMILES string of the molecule is Cc1c(C(=O)NC2(C(F)F)CC2)cc(Nc2nc(-c3cnc4c(c3)N([C@H]3C[C@@](C)(N5CCC(F)C6(CC6)C5)C3)C(=O)C4(C)C)cc3ncn(C(C)C)c23)c(F)c1F. The quantitative estimate of drug-likeness (QED) is 0.164. The van der Waals surface area contributed by atoms with Gasteiger partial charge in [0.2, 0.25) is 5.91 Å². The van der Waals surface area contributed by atoms with Crippen LogP contribution in [0.4, 0.5) is 39.1 Å². The molecular formula is C42H47F5N8O2. The fourth-order valence-corrected chi connectivity index (χ4v) is 9.44. The number of fused-ring (bicyclic) bond motifs is 2. The second kappa shape index (κ2) is 12.7. The number of anilines is 3. The highest BCUT2D eigenvalue weighted by Crippen LogP contribution is 2.57. The highest BCUT2D eigenvalue weighted by molar-refractivity contribution is 6.08. The summed E-state index contributed by atoms with van der Waals surface area (Å²) >= 11 is 0. The maximum absolute atomic E-state index is 15.7. The summed E-state index contributed by atoms with van der Waals surface area (Å²) in [7, 11) is 0. The molecule has 2 N–H and O–H groups in total. The van der Waals surface area contributed by atoms with Crippen LogP contribution in [0, 0.1) is 24.0 Å². The van der Waals surface area contributed by atoms with Crippen LogP contribution in [0.3, 0.4) is 0 Å². The number of benzene rings is 1. The molecule has 5 heterocycles. The van der Waals surface area contributed by atoms with Gasteiger partial charge >= 0.3 is 0 Å². The summed E-state index contributed by atoms with van der Waals surface area (Å²) in [6.45, 7) is 12.5. The topological polar surface area (TPSA) is 108 Å². The summed E-state index contributed by atoms with van der Waals surface area (Å²) in [5.41, 5.74) is -0.654. The van der Waals surface area contributed by atoms with Gasteiger partial charge in [-0.2, -0.15) is 0 Å². The number of aromatic nitrogens is 4. The Morgan fingerprint density at radius 1 is 1.00 bits per heavy atom. The Bertz CT molecular complexity index is 2350. The Balaban J connectivity index is 1.06. The average molecular weight is 791 g/mol. The van der Waals surface area contributed by atoms with Gasteiger partial charge in [0.1, 0.15) is 17.2 Å². The third-order valence-corrected chi connectivity index (χ3v) is 13.6. The number of pyridine rings is 2. The van der Waals surface area contributed by atoms with Crippen molar-refractivity contribution in [1.29, 1.82) is 0 Å². The maximum atomic E-state index is 15.7. The van der Waals surface area contributed by atoms with Crippen LogP contribution in [0.25, 0.3) is 22.3 Å². The number of halogens is 5. The van der Waals surface area contributed by atoms with Gasteiger partial charge < -0.3 is 20.1 Å². The van der Waals surface area contributed by atoms with Gasteiger partial charge in [-0.05, 0) is 105 Å². The minimum atomic E-state index is -2.80. The normalized spacial score (nSPS) is 25.6. The van der Waals surface area contributed by atoms with Gasteiger partial charge in [0.25, 0.3) is 12.3 Å². The lowest BCUT2D eigenvalue weighted by atomic mass is 9.70. The molecule has 9 rings (SSSR count). The first-order valence-corrected chi connectivity index (χ1v) is 19.9. The van der Waals surface area contributed by atoms with E-state index in [1.165, 1.54) is 6.92 Å². The number of piperidine rings is 1. The number of nitrogens with one attached hydrogen (secondary N) is 2. The van der Waals surface area contributed by atoms with E-state index in [0.29, 0.717) is 46.6 Å². The minimum Gasteiger partial charge on any atom is -0.341 e. The van der Waals surface area contributed by atoms with Crippen molar-refractivity contribution in [3.63, 3.8) is 0 Å². The number of hydrogen-bond acceptors (Lipinski definition) is 7. The molecule has 0 bridgehead atoms. The zero-order valence-corrected chi connectivity index (χ0v) is 32.9. The molecule has 4 aromatic rings. The Hall–Kier alpha value is -4.66. The first-order valence-electron chi connectivity index (χ1n) is 19.9. The summed E-state index contributed by atoms with van der Waals surface area (Å²) in [6, 6.07) is 4.58. The smallest absolute Gasteiger partial charge is 0.261 e. The van der Waals surface area contributed by atoms with Crippen molar-refractivity contribution in [3.8, 4) is 11.3 Å². The van der Waals surface area contributed by atoms with Gasteiger partial charge in [-0.25, -0.2) is 31.9 Å². The number of rotatable bonds is 9. The number of alkyl halides is 3. The van der Waals surface area contributed by atoms with E-state index in [9.17, 15) is 22.8 Å². The third kappa shape index (κ3) is 5.84.